The molecule has 0 saturated heterocycles. The van der Waals surface area contributed by atoms with E-state index in [2.05, 4.69) is 15.9 Å². The SMILES string of the molecule is CC(C)(N)c1oc2ccccc2c1Br. The normalized spacial score (nSPS) is 12.3. The maximum Gasteiger partial charge on any atom is 0.138 e. The predicted octanol–water partition coefficient (Wildman–Crippen LogP) is 3.39. The first-order valence-electron chi connectivity index (χ1n) is 4.46. The van der Waals surface area contributed by atoms with Crippen molar-refractivity contribution in [3.63, 3.8) is 0 Å². The molecular weight excluding hydrogens is 242 g/mol. The second-order valence-corrected chi connectivity index (χ2v) is 4.76. The number of para-hydroxylation sites is 1. The molecule has 0 bridgehead atoms. The largest absolute Gasteiger partial charge is 0.458 e. The van der Waals surface area contributed by atoms with Crippen molar-refractivity contribution >= 4 is 26.9 Å². The van der Waals surface area contributed by atoms with E-state index < -0.39 is 5.54 Å². The van der Waals surface area contributed by atoms with Crippen molar-refractivity contribution in [2.24, 2.45) is 5.73 Å². The molecule has 0 atom stereocenters. The van der Waals surface area contributed by atoms with Gasteiger partial charge in [-0.2, -0.15) is 0 Å². The molecule has 0 saturated carbocycles. The topological polar surface area (TPSA) is 39.2 Å². The van der Waals surface area contributed by atoms with Gasteiger partial charge in [-0.15, -0.1) is 0 Å². The van der Waals surface area contributed by atoms with Crippen LogP contribution in [0.15, 0.2) is 33.2 Å². The van der Waals surface area contributed by atoms with Gasteiger partial charge in [0.1, 0.15) is 11.3 Å². The Balaban J connectivity index is 2.75. The van der Waals surface area contributed by atoms with Crippen LogP contribution >= 0.6 is 15.9 Å². The summed E-state index contributed by atoms with van der Waals surface area (Å²) in [5, 5.41) is 1.07. The summed E-state index contributed by atoms with van der Waals surface area (Å²) in [5.74, 6) is 0.790. The lowest BCUT2D eigenvalue weighted by molar-refractivity contribution is 0.410. The predicted molar refractivity (Wildman–Crippen MR) is 61.1 cm³/mol. The molecule has 1 heterocycles. The number of benzene rings is 1. The highest BCUT2D eigenvalue weighted by Crippen LogP contribution is 2.35. The number of nitrogens with two attached hydrogens (primary N) is 1. The Bertz CT molecular complexity index is 468. The molecule has 0 radical (unpaired) electrons. The van der Waals surface area contributed by atoms with E-state index in [0.29, 0.717) is 0 Å². The van der Waals surface area contributed by atoms with Gasteiger partial charge in [-0.3, -0.25) is 0 Å². The van der Waals surface area contributed by atoms with Crippen molar-refractivity contribution in [1.82, 2.24) is 0 Å². The first-order valence-corrected chi connectivity index (χ1v) is 5.26. The average Bonchev–Trinajstić information content (AvgIpc) is 2.44. The van der Waals surface area contributed by atoms with Crippen molar-refractivity contribution in [1.29, 1.82) is 0 Å². The highest BCUT2D eigenvalue weighted by molar-refractivity contribution is 9.10. The zero-order chi connectivity index (χ0) is 10.3. The van der Waals surface area contributed by atoms with Gasteiger partial charge in [0, 0.05) is 5.39 Å². The van der Waals surface area contributed by atoms with Gasteiger partial charge >= 0.3 is 0 Å². The fourth-order valence-electron chi connectivity index (χ4n) is 1.43. The molecule has 2 aromatic rings. The number of halogens is 1. The number of furan rings is 1. The van der Waals surface area contributed by atoms with Gasteiger partial charge in [0.05, 0.1) is 10.0 Å². The van der Waals surface area contributed by atoms with Crippen LogP contribution in [0, 0.1) is 0 Å². The minimum absolute atomic E-state index is 0.460. The monoisotopic (exact) mass is 253 g/mol. The lowest BCUT2D eigenvalue weighted by Gasteiger charge is -2.15. The molecule has 0 aliphatic carbocycles. The van der Waals surface area contributed by atoms with Gasteiger partial charge in [-0.1, -0.05) is 12.1 Å². The first kappa shape index (κ1) is 9.74. The van der Waals surface area contributed by atoms with Crippen molar-refractivity contribution in [3.8, 4) is 0 Å². The van der Waals surface area contributed by atoms with Gasteiger partial charge < -0.3 is 10.2 Å². The molecule has 0 aliphatic rings. The van der Waals surface area contributed by atoms with Crippen molar-refractivity contribution < 1.29 is 4.42 Å². The Hall–Kier alpha value is -0.800. The van der Waals surface area contributed by atoms with Crippen molar-refractivity contribution in [2.45, 2.75) is 19.4 Å². The molecule has 74 valence electrons. The summed E-state index contributed by atoms with van der Waals surface area (Å²) in [6.45, 7) is 3.85. The molecule has 1 aromatic carbocycles. The minimum atomic E-state index is -0.460. The highest BCUT2D eigenvalue weighted by Gasteiger charge is 2.23. The van der Waals surface area contributed by atoms with Crippen LogP contribution in [0.3, 0.4) is 0 Å². The number of hydrogen-bond acceptors (Lipinski definition) is 2. The zero-order valence-electron chi connectivity index (χ0n) is 8.17. The van der Waals surface area contributed by atoms with Gasteiger partial charge in [-0.25, -0.2) is 0 Å². The molecule has 14 heavy (non-hydrogen) atoms. The summed E-state index contributed by atoms with van der Waals surface area (Å²) in [5.41, 5.74) is 6.41. The van der Waals surface area contributed by atoms with Crippen LogP contribution in [-0.4, -0.2) is 0 Å². The Morgan fingerprint density at radius 1 is 1.29 bits per heavy atom. The highest BCUT2D eigenvalue weighted by atomic mass is 79.9. The van der Waals surface area contributed by atoms with E-state index in [1.807, 2.05) is 38.1 Å². The van der Waals surface area contributed by atoms with E-state index in [0.717, 1.165) is 21.2 Å². The third-order valence-electron chi connectivity index (χ3n) is 2.12. The van der Waals surface area contributed by atoms with E-state index in [1.165, 1.54) is 0 Å². The first-order chi connectivity index (χ1) is 6.50. The lowest BCUT2D eigenvalue weighted by atomic mass is 10.0. The van der Waals surface area contributed by atoms with Gasteiger partial charge in [-0.05, 0) is 41.9 Å². The zero-order valence-corrected chi connectivity index (χ0v) is 9.76. The lowest BCUT2D eigenvalue weighted by Crippen LogP contribution is -2.28. The van der Waals surface area contributed by atoms with E-state index in [-0.39, 0.29) is 0 Å². The van der Waals surface area contributed by atoms with Gasteiger partial charge in [0.15, 0.2) is 0 Å². The van der Waals surface area contributed by atoms with E-state index >= 15 is 0 Å². The quantitative estimate of drug-likeness (QED) is 0.847. The van der Waals surface area contributed by atoms with E-state index in [9.17, 15) is 0 Å². The fraction of sp³-hybridized carbons (Fsp3) is 0.273. The van der Waals surface area contributed by atoms with Crippen LogP contribution in [0.25, 0.3) is 11.0 Å². The summed E-state index contributed by atoms with van der Waals surface area (Å²) in [6, 6.07) is 7.88. The minimum Gasteiger partial charge on any atom is -0.458 e. The Morgan fingerprint density at radius 2 is 1.93 bits per heavy atom. The maximum absolute atomic E-state index is 6.00. The molecule has 0 fully saturated rings. The van der Waals surface area contributed by atoms with Crippen molar-refractivity contribution in [3.05, 3.63) is 34.5 Å². The van der Waals surface area contributed by atoms with Crippen LogP contribution in [0.1, 0.15) is 19.6 Å². The summed E-state index contributed by atoms with van der Waals surface area (Å²) in [7, 11) is 0. The molecular formula is C11H12BrNO. The molecule has 0 spiro atoms. The average molecular weight is 254 g/mol. The molecule has 0 amide bonds. The molecule has 0 unspecified atom stereocenters. The molecule has 3 heteroatoms. The number of hydrogen-bond donors (Lipinski definition) is 1. The second-order valence-electron chi connectivity index (χ2n) is 3.96. The van der Waals surface area contributed by atoms with E-state index in [4.69, 9.17) is 10.2 Å². The van der Waals surface area contributed by atoms with Crippen LogP contribution in [0.2, 0.25) is 0 Å². The number of rotatable bonds is 1. The van der Waals surface area contributed by atoms with Crippen molar-refractivity contribution in [2.75, 3.05) is 0 Å². The summed E-state index contributed by atoms with van der Waals surface area (Å²) in [6.07, 6.45) is 0. The third kappa shape index (κ3) is 1.47. The second kappa shape index (κ2) is 3.11. The van der Waals surface area contributed by atoms with Crippen LogP contribution in [0.4, 0.5) is 0 Å². The molecule has 2 N–H and O–H groups in total. The third-order valence-corrected chi connectivity index (χ3v) is 2.91. The molecule has 2 rings (SSSR count). The summed E-state index contributed by atoms with van der Waals surface area (Å²) in [4.78, 5) is 0. The van der Waals surface area contributed by atoms with Crippen LogP contribution in [0.5, 0.6) is 0 Å². The van der Waals surface area contributed by atoms with E-state index in [1.54, 1.807) is 0 Å². The van der Waals surface area contributed by atoms with Gasteiger partial charge in [0.25, 0.3) is 0 Å². The Labute approximate surface area is 91.2 Å². The standard InChI is InChI=1S/C11H12BrNO/c1-11(2,13)10-9(12)7-5-3-4-6-8(7)14-10/h3-6H,13H2,1-2H3. The molecule has 2 nitrogen and oxygen atoms in total. The Kier molecular flexibility index (Phi) is 2.16. The van der Waals surface area contributed by atoms with Crippen LogP contribution in [-0.2, 0) is 5.54 Å². The number of fused-ring (bicyclic) bond motifs is 1. The molecule has 0 aliphatic heterocycles. The fourth-order valence-corrected chi connectivity index (χ4v) is 2.35. The maximum atomic E-state index is 6.00. The Morgan fingerprint density at radius 3 is 2.50 bits per heavy atom. The smallest absolute Gasteiger partial charge is 0.138 e. The summed E-state index contributed by atoms with van der Waals surface area (Å²) < 4.78 is 6.65. The summed E-state index contributed by atoms with van der Waals surface area (Å²) >= 11 is 3.51. The molecule has 1 aromatic heterocycles. The van der Waals surface area contributed by atoms with Crippen LogP contribution < -0.4 is 5.73 Å². The van der Waals surface area contributed by atoms with Gasteiger partial charge in [0.2, 0.25) is 0 Å².